The monoisotopic (exact) mass is 492 g/mol. The number of benzene rings is 2. The number of aromatic nitrogens is 2. The Hall–Kier alpha value is -3.22. The van der Waals surface area contributed by atoms with Crippen LogP contribution in [0.5, 0.6) is 0 Å². The first-order chi connectivity index (χ1) is 17.5. The Morgan fingerprint density at radius 1 is 1.08 bits per heavy atom. The van der Waals surface area contributed by atoms with Gasteiger partial charge in [-0.25, -0.2) is 14.2 Å². The van der Waals surface area contributed by atoms with Gasteiger partial charge in [0.15, 0.2) is 0 Å². The van der Waals surface area contributed by atoms with Crippen molar-refractivity contribution in [3.63, 3.8) is 0 Å². The van der Waals surface area contributed by atoms with Gasteiger partial charge in [0, 0.05) is 12.6 Å². The third-order valence-electron chi connectivity index (χ3n) is 7.14. The molecule has 2 amide bonds. The Labute approximate surface area is 212 Å². The lowest BCUT2D eigenvalue weighted by atomic mass is 9.95. The number of unbranched alkanes of at least 4 members (excludes halogenated alkanes) is 2. The van der Waals surface area contributed by atoms with E-state index in [0.717, 1.165) is 44.9 Å². The van der Waals surface area contributed by atoms with Gasteiger partial charge in [-0.3, -0.25) is 9.36 Å². The second kappa shape index (κ2) is 12.2. The fourth-order valence-corrected chi connectivity index (χ4v) is 5.19. The zero-order chi connectivity index (χ0) is 25.5. The highest BCUT2D eigenvalue weighted by Gasteiger charge is 2.30. The first-order valence-electron chi connectivity index (χ1n) is 13.4. The predicted molar refractivity (Wildman–Crippen MR) is 142 cm³/mol. The average Bonchev–Trinajstić information content (AvgIpc) is 2.90. The Morgan fingerprint density at radius 3 is 2.50 bits per heavy atom. The van der Waals surface area contributed by atoms with E-state index >= 15 is 0 Å². The minimum Gasteiger partial charge on any atom is -0.335 e. The minimum absolute atomic E-state index is 0.0992. The summed E-state index contributed by atoms with van der Waals surface area (Å²) in [6.07, 6.45) is 9.01. The first kappa shape index (κ1) is 25.9. The maximum Gasteiger partial charge on any atom is 0.318 e. The van der Waals surface area contributed by atoms with Crippen LogP contribution in [0.25, 0.3) is 16.6 Å². The number of para-hydroxylation sites is 1. The molecule has 3 aromatic rings. The summed E-state index contributed by atoms with van der Waals surface area (Å²) in [7, 11) is 0. The lowest BCUT2D eigenvalue weighted by Crippen LogP contribution is -2.48. The molecule has 0 bridgehead atoms. The first-order valence-corrected chi connectivity index (χ1v) is 13.4. The summed E-state index contributed by atoms with van der Waals surface area (Å²) in [5, 5.41) is 3.76. The second-order valence-electron chi connectivity index (χ2n) is 9.71. The summed E-state index contributed by atoms with van der Waals surface area (Å²) in [6, 6.07) is 12.8. The van der Waals surface area contributed by atoms with Crippen molar-refractivity contribution in [2.45, 2.75) is 83.7 Å². The van der Waals surface area contributed by atoms with E-state index in [2.05, 4.69) is 12.2 Å². The fourth-order valence-electron chi connectivity index (χ4n) is 5.19. The Balaban J connectivity index is 1.81. The van der Waals surface area contributed by atoms with E-state index in [1.165, 1.54) is 18.6 Å². The summed E-state index contributed by atoms with van der Waals surface area (Å²) in [5.74, 6) is 0.130. The van der Waals surface area contributed by atoms with Crippen molar-refractivity contribution in [3.8, 4) is 5.69 Å². The number of amides is 2. The number of hydrogen-bond acceptors (Lipinski definition) is 3. The summed E-state index contributed by atoms with van der Waals surface area (Å²) >= 11 is 0. The standard InChI is InChI=1S/C29H37FN4O2/c1-3-5-11-20-33(29(36)31-22-12-7-6-8-13-22)26(4-2)27-32-25-15-10-9-14-24(25)28(35)34(27)23-18-16-21(30)17-19-23/h9-10,14-19,22,26H,3-8,11-13,20H2,1-2H3,(H,31,36). The van der Waals surface area contributed by atoms with E-state index in [4.69, 9.17) is 4.98 Å². The molecule has 0 saturated heterocycles. The maximum absolute atomic E-state index is 13.7. The summed E-state index contributed by atoms with van der Waals surface area (Å²) < 4.78 is 15.3. The maximum atomic E-state index is 13.7. The van der Waals surface area contributed by atoms with E-state index < -0.39 is 6.04 Å². The topological polar surface area (TPSA) is 67.2 Å². The molecule has 4 rings (SSSR count). The zero-order valence-electron chi connectivity index (χ0n) is 21.4. The van der Waals surface area contributed by atoms with Crippen molar-refractivity contribution < 1.29 is 9.18 Å². The lowest BCUT2D eigenvalue weighted by molar-refractivity contribution is 0.160. The van der Waals surface area contributed by atoms with Gasteiger partial charge in [-0.15, -0.1) is 0 Å². The second-order valence-corrected chi connectivity index (χ2v) is 9.71. The number of carbonyl (C=O) groups is 1. The molecule has 6 nitrogen and oxygen atoms in total. The van der Waals surface area contributed by atoms with Gasteiger partial charge in [0.25, 0.3) is 5.56 Å². The van der Waals surface area contributed by atoms with Gasteiger partial charge < -0.3 is 10.2 Å². The normalized spacial score (nSPS) is 15.1. The molecule has 1 atom stereocenters. The molecule has 1 aromatic heterocycles. The van der Waals surface area contributed by atoms with Crippen molar-refractivity contribution in [3.05, 3.63) is 70.5 Å². The number of carbonyl (C=O) groups excluding carboxylic acids is 1. The number of urea groups is 1. The van der Waals surface area contributed by atoms with Crippen LogP contribution in [0.3, 0.4) is 0 Å². The molecule has 0 spiro atoms. The molecule has 1 fully saturated rings. The van der Waals surface area contributed by atoms with Crippen molar-refractivity contribution in [2.75, 3.05) is 6.54 Å². The number of nitrogens with zero attached hydrogens (tertiary/aromatic N) is 3. The Morgan fingerprint density at radius 2 is 1.81 bits per heavy atom. The molecule has 0 radical (unpaired) electrons. The SMILES string of the molecule is CCCCCN(C(=O)NC1CCCCC1)C(CC)c1nc2ccccc2c(=O)n1-c1ccc(F)cc1. The van der Waals surface area contributed by atoms with Gasteiger partial charge in [0.2, 0.25) is 0 Å². The van der Waals surface area contributed by atoms with Gasteiger partial charge >= 0.3 is 6.03 Å². The highest BCUT2D eigenvalue weighted by atomic mass is 19.1. The number of rotatable bonds is 9. The Bertz CT molecular complexity index is 1220. The minimum atomic E-state index is -0.409. The van der Waals surface area contributed by atoms with Gasteiger partial charge in [0.1, 0.15) is 11.6 Å². The number of hydrogen-bond donors (Lipinski definition) is 1. The van der Waals surface area contributed by atoms with Crippen LogP contribution < -0.4 is 10.9 Å². The van der Waals surface area contributed by atoms with Crippen molar-refractivity contribution in [2.24, 2.45) is 0 Å². The van der Waals surface area contributed by atoms with Gasteiger partial charge in [0.05, 0.1) is 22.6 Å². The molecular weight excluding hydrogens is 455 g/mol. The van der Waals surface area contributed by atoms with E-state index in [0.29, 0.717) is 35.4 Å². The highest BCUT2D eigenvalue weighted by Crippen LogP contribution is 2.27. The van der Waals surface area contributed by atoms with Crippen molar-refractivity contribution in [1.82, 2.24) is 19.8 Å². The predicted octanol–water partition coefficient (Wildman–Crippen LogP) is 6.51. The van der Waals surface area contributed by atoms with Crippen molar-refractivity contribution >= 4 is 16.9 Å². The van der Waals surface area contributed by atoms with E-state index in [1.807, 2.05) is 30.0 Å². The van der Waals surface area contributed by atoms with Crippen LogP contribution in [0.4, 0.5) is 9.18 Å². The molecule has 36 heavy (non-hydrogen) atoms. The van der Waals surface area contributed by atoms with Gasteiger partial charge in [-0.2, -0.15) is 0 Å². The van der Waals surface area contributed by atoms with Crippen LogP contribution in [-0.2, 0) is 0 Å². The van der Waals surface area contributed by atoms with Crippen LogP contribution in [0.1, 0.15) is 83.5 Å². The molecule has 1 heterocycles. The smallest absolute Gasteiger partial charge is 0.318 e. The van der Waals surface area contributed by atoms with Crippen LogP contribution in [-0.4, -0.2) is 33.1 Å². The molecule has 1 N–H and O–H groups in total. The molecule has 7 heteroatoms. The molecule has 1 aliphatic carbocycles. The van der Waals surface area contributed by atoms with E-state index in [1.54, 1.807) is 22.8 Å². The van der Waals surface area contributed by atoms with E-state index in [9.17, 15) is 14.0 Å². The molecule has 192 valence electrons. The summed E-state index contributed by atoms with van der Waals surface area (Å²) in [6.45, 7) is 4.74. The third-order valence-corrected chi connectivity index (χ3v) is 7.14. The van der Waals surface area contributed by atoms with Crippen LogP contribution >= 0.6 is 0 Å². The van der Waals surface area contributed by atoms with Crippen LogP contribution in [0.2, 0.25) is 0 Å². The molecule has 1 aliphatic rings. The highest BCUT2D eigenvalue weighted by molar-refractivity contribution is 5.78. The molecular formula is C29H37FN4O2. The number of nitrogens with one attached hydrogen (secondary N) is 1. The fraction of sp³-hybridized carbons (Fsp3) is 0.483. The quantitative estimate of drug-likeness (QED) is 0.346. The summed E-state index contributed by atoms with van der Waals surface area (Å²) in [5.41, 5.74) is 0.909. The lowest BCUT2D eigenvalue weighted by Gasteiger charge is -2.34. The largest absolute Gasteiger partial charge is 0.335 e. The Kier molecular flexibility index (Phi) is 8.73. The van der Waals surface area contributed by atoms with Crippen LogP contribution in [0.15, 0.2) is 53.3 Å². The van der Waals surface area contributed by atoms with Crippen molar-refractivity contribution in [1.29, 1.82) is 0 Å². The van der Waals surface area contributed by atoms with Gasteiger partial charge in [-0.1, -0.05) is 58.1 Å². The van der Waals surface area contributed by atoms with Gasteiger partial charge in [-0.05, 0) is 62.1 Å². The molecule has 0 aliphatic heterocycles. The van der Waals surface area contributed by atoms with E-state index in [-0.39, 0.29) is 23.4 Å². The molecule has 2 aromatic carbocycles. The average molecular weight is 493 g/mol. The zero-order valence-corrected chi connectivity index (χ0v) is 21.4. The molecule has 1 saturated carbocycles. The summed E-state index contributed by atoms with van der Waals surface area (Å²) in [4.78, 5) is 34.2. The number of fused-ring (bicyclic) bond motifs is 1. The third kappa shape index (κ3) is 5.77. The number of halogens is 1. The van der Waals surface area contributed by atoms with Crippen LogP contribution in [0, 0.1) is 5.82 Å². The molecule has 1 unspecified atom stereocenters.